The number of ether oxygens (including phenoxy) is 1. The Hall–Kier alpha value is -4.46. The largest absolute Gasteiger partial charge is 0.484 e. The first-order valence-corrected chi connectivity index (χ1v) is 10.8. The maximum absolute atomic E-state index is 12.9. The Morgan fingerprint density at radius 2 is 1.65 bits per heavy atom. The highest BCUT2D eigenvalue weighted by Gasteiger charge is 2.36. The summed E-state index contributed by atoms with van der Waals surface area (Å²) in [6, 6.07) is 20.3. The van der Waals surface area contributed by atoms with E-state index in [0.29, 0.717) is 18.0 Å². The van der Waals surface area contributed by atoms with Crippen molar-refractivity contribution in [1.82, 2.24) is 10.2 Å². The van der Waals surface area contributed by atoms with Crippen molar-refractivity contribution in [3.63, 3.8) is 0 Å². The number of benzene rings is 3. The molecule has 0 unspecified atom stereocenters. The lowest BCUT2D eigenvalue weighted by molar-refractivity contribution is -0.122. The van der Waals surface area contributed by atoms with E-state index in [1.807, 2.05) is 37.3 Å². The average molecular weight is 457 g/mol. The Morgan fingerprint density at radius 3 is 2.41 bits per heavy atom. The molecule has 0 saturated heterocycles. The number of amides is 4. The van der Waals surface area contributed by atoms with Crippen LogP contribution in [0.2, 0.25) is 0 Å². The summed E-state index contributed by atoms with van der Waals surface area (Å²) in [4.78, 5) is 51.2. The molecule has 0 bridgehead atoms. The molecule has 3 aromatic carbocycles. The van der Waals surface area contributed by atoms with Crippen molar-refractivity contribution in [2.75, 3.05) is 18.5 Å². The summed E-state index contributed by atoms with van der Waals surface area (Å²) in [5.74, 6) is -1.07. The topological polar surface area (TPSA) is 105 Å². The first-order valence-electron chi connectivity index (χ1n) is 10.8. The molecule has 4 amide bonds. The number of carbonyl (C=O) groups is 4. The summed E-state index contributed by atoms with van der Waals surface area (Å²) in [6.45, 7) is 2.36. The zero-order valence-electron chi connectivity index (χ0n) is 18.5. The van der Waals surface area contributed by atoms with Gasteiger partial charge in [0.1, 0.15) is 5.75 Å². The van der Waals surface area contributed by atoms with Crippen molar-refractivity contribution >= 4 is 29.3 Å². The Labute approximate surface area is 196 Å². The fourth-order valence-corrected chi connectivity index (χ4v) is 3.61. The number of imide groups is 1. The van der Waals surface area contributed by atoms with E-state index in [1.54, 1.807) is 24.3 Å². The second-order valence-corrected chi connectivity index (χ2v) is 7.67. The molecule has 0 radical (unpaired) electrons. The minimum absolute atomic E-state index is 0.133. The maximum Gasteiger partial charge on any atom is 0.261 e. The van der Waals surface area contributed by atoms with Crippen molar-refractivity contribution in [3.05, 3.63) is 95.1 Å². The highest BCUT2D eigenvalue weighted by atomic mass is 16.5. The molecule has 0 aromatic heterocycles. The number of hydrogen-bond acceptors (Lipinski definition) is 5. The summed E-state index contributed by atoms with van der Waals surface area (Å²) in [6.07, 6.45) is 0. The molecule has 172 valence electrons. The zero-order chi connectivity index (χ0) is 24.1. The molecule has 1 aliphatic heterocycles. The van der Waals surface area contributed by atoms with Gasteiger partial charge in [0.05, 0.1) is 17.7 Å². The van der Waals surface area contributed by atoms with E-state index in [0.717, 1.165) is 5.56 Å². The Bertz CT molecular complexity index is 1260. The van der Waals surface area contributed by atoms with Gasteiger partial charge in [-0.1, -0.05) is 36.4 Å². The van der Waals surface area contributed by atoms with Gasteiger partial charge in [-0.05, 0) is 42.8 Å². The van der Waals surface area contributed by atoms with E-state index in [9.17, 15) is 19.2 Å². The van der Waals surface area contributed by atoms with Gasteiger partial charge in [0, 0.05) is 23.9 Å². The molecule has 3 aromatic rings. The highest BCUT2D eigenvalue weighted by Crippen LogP contribution is 2.26. The maximum atomic E-state index is 12.9. The quantitative estimate of drug-likeness (QED) is 0.506. The monoisotopic (exact) mass is 457 g/mol. The number of rotatable bonds is 8. The molecule has 1 heterocycles. The average Bonchev–Trinajstić information content (AvgIpc) is 3.08. The first kappa shape index (κ1) is 22.7. The van der Waals surface area contributed by atoms with Gasteiger partial charge in [0.2, 0.25) is 0 Å². The number of fused-ring (bicyclic) bond motifs is 1. The lowest BCUT2D eigenvalue weighted by atomic mass is 10.1. The summed E-state index contributed by atoms with van der Waals surface area (Å²) in [5, 5.41) is 5.39. The van der Waals surface area contributed by atoms with Crippen LogP contribution in [-0.2, 0) is 11.3 Å². The summed E-state index contributed by atoms with van der Waals surface area (Å²) in [5.41, 5.74) is 2.03. The lowest BCUT2D eigenvalue weighted by Crippen LogP contribution is -2.29. The van der Waals surface area contributed by atoms with Gasteiger partial charge in [0.25, 0.3) is 23.6 Å². The third-order valence-electron chi connectivity index (χ3n) is 5.25. The van der Waals surface area contributed by atoms with E-state index in [1.165, 1.54) is 23.1 Å². The Kier molecular flexibility index (Phi) is 6.68. The van der Waals surface area contributed by atoms with Crippen molar-refractivity contribution < 1.29 is 23.9 Å². The lowest BCUT2D eigenvalue weighted by Gasteiger charge is -2.13. The molecule has 0 aliphatic carbocycles. The Morgan fingerprint density at radius 1 is 0.882 bits per heavy atom. The van der Waals surface area contributed by atoms with Gasteiger partial charge in [0.15, 0.2) is 6.61 Å². The predicted octanol–water partition coefficient (Wildman–Crippen LogP) is 3.25. The van der Waals surface area contributed by atoms with Crippen molar-refractivity contribution in [3.8, 4) is 5.75 Å². The standard InChI is InChI=1S/C26H23N3O5/c1-2-27-23(30)16-34-20-10-6-9-19(14-20)28-24(31)18-11-12-21-22(13-18)26(33)29(25(21)32)15-17-7-4-3-5-8-17/h3-14H,2,15-16H2,1H3,(H,27,30)(H,28,31). The molecule has 0 spiro atoms. The SMILES string of the molecule is CCNC(=O)COc1cccc(NC(=O)c2ccc3c(c2)C(=O)N(Cc2ccccc2)C3=O)c1. The van der Waals surface area contributed by atoms with Crippen molar-refractivity contribution in [1.29, 1.82) is 0 Å². The molecular formula is C26H23N3O5. The van der Waals surface area contributed by atoms with Gasteiger partial charge < -0.3 is 15.4 Å². The Balaban J connectivity index is 1.45. The molecule has 1 aliphatic rings. The van der Waals surface area contributed by atoms with Crippen LogP contribution in [0.25, 0.3) is 0 Å². The molecular weight excluding hydrogens is 434 g/mol. The minimum Gasteiger partial charge on any atom is -0.484 e. The molecule has 4 rings (SSSR count). The summed E-state index contributed by atoms with van der Waals surface area (Å²) < 4.78 is 5.44. The van der Waals surface area contributed by atoms with Crippen molar-refractivity contribution in [2.45, 2.75) is 13.5 Å². The van der Waals surface area contributed by atoms with Gasteiger partial charge in [-0.2, -0.15) is 0 Å². The smallest absolute Gasteiger partial charge is 0.261 e. The molecule has 0 atom stereocenters. The third-order valence-corrected chi connectivity index (χ3v) is 5.25. The van der Waals surface area contributed by atoms with Gasteiger partial charge in [-0.3, -0.25) is 24.1 Å². The number of likely N-dealkylation sites (N-methyl/N-ethyl adjacent to an activating group) is 1. The molecule has 2 N–H and O–H groups in total. The number of nitrogens with zero attached hydrogens (tertiary/aromatic N) is 1. The molecule has 34 heavy (non-hydrogen) atoms. The van der Waals surface area contributed by atoms with E-state index in [4.69, 9.17) is 4.74 Å². The number of anilines is 1. The van der Waals surface area contributed by atoms with Crippen LogP contribution < -0.4 is 15.4 Å². The summed E-state index contributed by atoms with van der Waals surface area (Å²) >= 11 is 0. The summed E-state index contributed by atoms with van der Waals surface area (Å²) in [7, 11) is 0. The van der Waals surface area contributed by atoms with E-state index < -0.39 is 11.8 Å². The first-order chi connectivity index (χ1) is 16.5. The van der Waals surface area contributed by atoms with Crippen molar-refractivity contribution in [2.24, 2.45) is 0 Å². The number of nitrogens with one attached hydrogen (secondary N) is 2. The second-order valence-electron chi connectivity index (χ2n) is 7.67. The fourth-order valence-electron chi connectivity index (χ4n) is 3.61. The van der Waals surface area contributed by atoms with Crippen LogP contribution in [0.5, 0.6) is 5.75 Å². The number of carbonyl (C=O) groups excluding carboxylic acids is 4. The number of hydrogen-bond donors (Lipinski definition) is 2. The molecule has 8 heteroatoms. The third kappa shape index (κ3) is 4.96. The van der Waals surface area contributed by atoms with Gasteiger partial charge >= 0.3 is 0 Å². The zero-order valence-corrected chi connectivity index (χ0v) is 18.5. The molecule has 0 saturated carbocycles. The normalized spacial score (nSPS) is 12.3. The molecule has 0 fully saturated rings. The van der Waals surface area contributed by atoms with Crippen LogP contribution in [0.4, 0.5) is 5.69 Å². The molecule has 8 nitrogen and oxygen atoms in total. The minimum atomic E-state index is -0.439. The van der Waals surface area contributed by atoms with Gasteiger partial charge in [-0.15, -0.1) is 0 Å². The van der Waals surface area contributed by atoms with Crippen LogP contribution in [0, 0.1) is 0 Å². The predicted molar refractivity (Wildman–Crippen MR) is 126 cm³/mol. The van der Waals surface area contributed by atoms with Crippen LogP contribution >= 0.6 is 0 Å². The highest BCUT2D eigenvalue weighted by molar-refractivity contribution is 6.22. The van der Waals surface area contributed by atoms with E-state index in [-0.39, 0.29) is 41.7 Å². The van der Waals surface area contributed by atoms with Gasteiger partial charge in [-0.25, -0.2) is 0 Å². The second kappa shape index (κ2) is 9.99. The van der Waals surface area contributed by atoms with Crippen LogP contribution in [-0.4, -0.2) is 41.7 Å². The van der Waals surface area contributed by atoms with Crippen LogP contribution in [0.1, 0.15) is 43.6 Å². The fraction of sp³-hybridized carbons (Fsp3) is 0.154. The van der Waals surface area contributed by atoms with E-state index >= 15 is 0 Å². The van der Waals surface area contributed by atoms with Crippen LogP contribution in [0.3, 0.4) is 0 Å². The van der Waals surface area contributed by atoms with E-state index in [2.05, 4.69) is 10.6 Å². The van der Waals surface area contributed by atoms with Crippen LogP contribution in [0.15, 0.2) is 72.8 Å².